The number of rotatable bonds is 5. The van der Waals surface area contributed by atoms with Crippen LogP contribution in [0.5, 0.6) is 17.2 Å². The number of amides is 1. The van der Waals surface area contributed by atoms with Crippen LogP contribution in [0.4, 0.5) is 0 Å². The monoisotopic (exact) mass is 439 g/mol. The highest BCUT2D eigenvalue weighted by Crippen LogP contribution is 2.38. The van der Waals surface area contributed by atoms with E-state index in [0.717, 1.165) is 33.5 Å². The molecule has 1 aliphatic rings. The topological polar surface area (TPSA) is 73.2 Å². The molecule has 2 heterocycles. The third kappa shape index (κ3) is 3.88. The smallest absolute Gasteiger partial charge is 0.240 e. The molecular weight excluding hydrogens is 418 g/mol. The fourth-order valence-electron chi connectivity index (χ4n) is 3.74. The Balaban J connectivity index is 1.75. The molecule has 0 saturated carbocycles. The molecule has 3 aromatic rings. The van der Waals surface area contributed by atoms with Crippen LogP contribution < -0.4 is 14.2 Å². The van der Waals surface area contributed by atoms with Crippen LogP contribution in [0.15, 0.2) is 47.6 Å². The number of ether oxygens (including phenoxy) is 3. The Morgan fingerprint density at radius 1 is 1.03 bits per heavy atom. The van der Waals surface area contributed by atoms with E-state index in [1.165, 1.54) is 11.9 Å². The molecule has 0 fully saturated rings. The number of pyridine rings is 1. The summed E-state index contributed by atoms with van der Waals surface area (Å²) in [6, 6.07) is 12.7. The minimum Gasteiger partial charge on any atom is -0.497 e. The number of carbonyl (C=O) groups is 1. The van der Waals surface area contributed by atoms with Gasteiger partial charge in [0.15, 0.2) is 11.5 Å². The summed E-state index contributed by atoms with van der Waals surface area (Å²) in [7, 11) is 4.78. The minimum absolute atomic E-state index is 0.178. The van der Waals surface area contributed by atoms with Gasteiger partial charge in [0.25, 0.3) is 0 Å². The standard InChI is InChI=1S/C23H22ClN3O4/c1-13(28)27-20(12-19(26-27)14-5-8-21(30-3)22(11-14)31-4)17-10-15-9-16(29-2)6-7-18(15)25-23(17)24/h5-11,20H,12H2,1-4H3. The second-order valence-electron chi connectivity index (χ2n) is 7.13. The molecule has 0 N–H and O–H groups in total. The van der Waals surface area contributed by atoms with Gasteiger partial charge in [-0.25, -0.2) is 9.99 Å². The van der Waals surface area contributed by atoms with Crippen molar-refractivity contribution in [2.45, 2.75) is 19.4 Å². The van der Waals surface area contributed by atoms with Gasteiger partial charge in [-0.1, -0.05) is 11.6 Å². The van der Waals surface area contributed by atoms with E-state index in [1.807, 2.05) is 42.5 Å². The first-order chi connectivity index (χ1) is 14.9. The molecule has 1 atom stereocenters. The van der Waals surface area contributed by atoms with Gasteiger partial charge in [0.2, 0.25) is 5.91 Å². The van der Waals surface area contributed by atoms with Gasteiger partial charge in [0, 0.05) is 29.9 Å². The zero-order valence-corrected chi connectivity index (χ0v) is 18.4. The maximum atomic E-state index is 12.4. The molecular formula is C23H22ClN3O4. The third-order valence-electron chi connectivity index (χ3n) is 5.31. The molecule has 0 bridgehead atoms. The van der Waals surface area contributed by atoms with Crippen molar-refractivity contribution < 1.29 is 19.0 Å². The Bertz CT molecular complexity index is 1190. The number of fused-ring (bicyclic) bond motifs is 1. The van der Waals surface area contributed by atoms with Crippen LogP contribution in [0, 0.1) is 0 Å². The van der Waals surface area contributed by atoms with E-state index in [4.69, 9.17) is 25.8 Å². The van der Waals surface area contributed by atoms with Crippen LogP contribution in [-0.2, 0) is 4.79 Å². The van der Waals surface area contributed by atoms with Crippen LogP contribution in [0.3, 0.4) is 0 Å². The first kappa shape index (κ1) is 20.9. The van der Waals surface area contributed by atoms with E-state index in [1.54, 1.807) is 21.3 Å². The van der Waals surface area contributed by atoms with Crippen molar-refractivity contribution in [2.24, 2.45) is 5.10 Å². The van der Waals surface area contributed by atoms with Gasteiger partial charge in [-0.15, -0.1) is 0 Å². The lowest BCUT2D eigenvalue weighted by atomic mass is 9.98. The Labute approximate surface area is 185 Å². The van der Waals surface area contributed by atoms with Crippen LogP contribution in [-0.4, -0.2) is 42.9 Å². The molecule has 8 heteroatoms. The third-order valence-corrected chi connectivity index (χ3v) is 5.61. The van der Waals surface area contributed by atoms with Gasteiger partial charge in [0.1, 0.15) is 10.9 Å². The summed E-state index contributed by atoms with van der Waals surface area (Å²) in [4.78, 5) is 16.9. The predicted molar refractivity (Wildman–Crippen MR) is 119 cm³/mol. The molecule has 160 valence electrons. The number of halogens is 1. The number of methoxy groups -OCH3 is 3. The number of benzene rings is 2. The summed E-state index contributed by atoms with van der Waals surface area (Å²) < 4.78 is 16.0. The molecule has 0 radical (unpaired) electrons. The van der Waals surface area contributed by atoms with Crippen LogP contribution in [0.2, 0.25) is 5.15 Å². The molecule has 1 unspecified atom stereocenters. The van der Waals surface area contributed by atoms with Gasteiger partial charge in [-0.05, 0) is 42.5 Å². The number of carbonyl (C=O) groups excluding carboxylic acids is 1. The Kier molecular flexibility index (Phi) is 5.69. The van der Waals surface area contributed by atoms with Crippen molar-refractivity contribution >= 4 is 34.1 Å². The second kappa shape index (κ2) is 8.43. The van der Waals surface area contributed by atoms with Crippen molar-refractivity contribution in [3.63, 3.8) is 0 Å². The average molecular weight is 440 g/mol. The first-order valence-electron chi connectivity index (χ1n) is 9.69. The molecule has 31 heavy (non-hydrogen) atoms. The highest BCUT2D eigenvalue weighted by atomic mass is 35.5. The van der Waals surface area contributed by atoms with Gasteiger partial charge >= 0.3 is 0 Å². The molecule has 0 saturated heterocycles. The number of hydrazone groups is 1. The van der Waals surface area contributed by atoms with E-state index in [0.29, 0.717) is 23.1 Å². The maximum absolute atomic E-state index is 12.4. The van der Waals surface area contributed by atoms with Crippen LogP contribution >= 0.6 is 11.6 Å². The van der Waals surface area contributed by atoms with E-state index in [9.17, 15) is 4.79 Å². The Hall–Kier alpha value is -3.32. The van der Waals surface area contributed by atoms with E-state index in [-0.39, 0.29) is 11.9 Å². The normalized spacial score (nSPS) is 15.7. The Morgan fingerprint density at radius 3 is 2.48 bits per heavy atom. The van der Waals surface area contributed by atoms with Crippen molar-refractivity contribution in [1.82, 2.24) is 9.99 Å². The van der Waals surface area contributed by atoms with E-state index >= 15 is 0 Å². The number of nitrogens with zero attached hydrogens (tertiary/aromatic N) is 3. The molecule has 1 aromatic heterocycles. The number of aromatic nitrogens is 1. The van der Waals surface area contributed by atoms with Crippen molar-refractivity contribution in [1.29, 1.82) is 0 Å². The lowest BCUT2D eigenvalue weighted by molar-refractivity contribution is -0.130. The van der Waals surface area contributed by atoms with Crippen LogP contribution in [0.1, 0.15) is 30.5 Å². The summed E-state index contributed by atoms with van der Waals surface area (Å²) in [6.07, 6.45) is 0.492. The zero-order chi connectivity index (χ0) is 22.1. The summed E-state index contributed by atoms with van der Waals surface area (Å²) >= 11 is 6.54. The summed E-state index contributed by atoms with van der Waals surface area (Å²) in [5.41, 5.74) is 3.08. The fraction of sp³-hybridized carbons (Fsp3) is 0.261. The van der Waals surface area contributed by atoms with Gasteiger partial charge < -0.3 is 14.2 Å². The van der Waals surface area contributed by atoms with Gasteiger partial charge in [0.05, 0.1) is 38.6 Å². The van der Waals surface area contributed by atoms with E-state index in [2.05, 4.69) is 10.1 Å². The lowest BCUT2D eigenvalue weighted by Crippen LogP contribution is -2.24. The van der Waals surface area contributed by atoms with Crippen molar-refractivity contribution in [3.8, 4) is 17.2 Å². The lowest BCUT2D eigenvalue weighted by Gasteiger charge is -2.21. The molecule has 1 amide bonds. The molecule has 2 aromatic carbocycles. The highest BCUT2D eigenvalue weighted by molar-refractivity contribution is 6.30. The fourth-order valence-corrected chi connectivity index (χ4v) is 4.01. The SMILES string of the molecule is COc1ccc2nc(Cl)c(C3CC(c4ccc(OC)c(OC)c4)=NN3C(C)=O)cc2c1. The quantitative estimate of drug-likeness (QED) is 0.543. The molecule has 1 aliphatic heterocycles. The summed E-state index contributed by atoms with van der Waals surface area (Å²) in [5.74, 6) is 1.76. The van der Waals surface area contributed by atoms with E-state index < -0.39 is 0 Å². The average Bonchev–Trinajstić information content (AvgIpc) is 3.23. The van der Waals surface area contributed by atoms with Crippen molar-refractivity contribution in [3.05, 3.63) is 58.7 Å². The van der Waals surface area contributed by atoms with Gasteiger partial charge in [-0.2, -0.15) is 5.10 Å². The molecule has 4 rings (SSSR count). The summed E-state index contributed by atoms with van der Waals surface area (Å²) in [5, 5.41) is 7.28. The highest BCUT2D eigenvalue weighted by Gasteiger charge is 2.33. The maximum Gasteiger partial charge on any atom is 0.240 e. The largest absolute Gasteiger partial charge is 0.497 e. The number of hydrogen-bond acceptors (Lipinski definition) is 6. The second-order valence-corrected chi connectivity index (χ2v) is 7.49. The number of hydrogen-bond donors (Lipinski definition) is 0. The van der Waals surface area contributed by atoms with Crippen molar-refractivity contribution in [2.75, 3.05) is 21.3 Å². The predicted octanol–water partition coefficient (Wildman–Crippen LogP) is 4.61. The molecule has 0 aliphatic carbocycles. The molecule has 0 spiro atoms. The summed E-state index contributed by atoms with van der Waals surface area (Å²) in [6.45, 7) is 1.49. The first-order valence-corrected chi connectivity index (χ1v) is 10.1. The minimum atomic E-state index is -0.365. The van der Waals surface area contributed by atoms with Gasteiger partial charge in [-0.3, -0.25) is 4.79 Å². The zero-order valence-electron chi connectivity index (χ0n) is 17.7. The van der Waals surface area contributed by atoms with Crippen LogP contribution in [0.25, 0.3) is 10.9 Å². The Morgan fingerprint density at radius 2 is 1.81 bits per heavy atom. The molecule has 7 nitrogen and oxygen atoms in total.